The van der Waals surface area contributed by atoms with Gasteiger partial charge < -0.3 is 24.2 Å². The summed E-state index contributed by atoms with van der Waals surface area (Å²) in [4.78, 5) is 14.5. The molecule has 2 aliphatic heterocycles. The summed E-state index contributed by atoms with van der Waals surface area (Å²) in [6.07, 6.45) is 8.00. The number of rotatable bonds is 7. The molecule has 0 aromatic heterocycles. The molecule has 166 valence electrons. The van der Waals surface area contributed by atoms with Crippen molar-refractivity contribution in [3.05, 3.63) is 12.2 Å². The lowest BCUT2D eigenvalue weighted by molar-refractivity contribution is -0.135. The maximum absolute atomic E-state index is 12.8. The van der Waals surface area contributed by atoms with Gasteiger partial charge in [-0.3, -0.25) is 0 Å². The topological polar surface area (TPSA) is 71.5 Å². The lowest BCUT2D eigenvalue weighted by Gasteiger charge is -2.48. The number of amides is 1. The Balaban J connectivity index is 1.74. The fourth-order valence-corrected chi connectivity index (χ4v) is 5.44. The monoisotopic (exact) mass is 409 g/mol. The third kappa shape index (κ3) is 4.80. The Kier molecular flexibility index (Phi) is 6.96. The summed E-state index contributed by atoms with van der Waals surface area (Å²) in [7, 11) is 1.71. The summed E-state index contributed by atoms with van der Waals surface area (Å²) in [5, 5.41) is 9.54. The van der Waals surface area contributed by atoms with Gasteiger partial charge in [0.25, 0.3) is 0 Å². The quantitative estimate of drug-likeness (QED) is 0.512. The van der Waals surface area contributed by atoms with Gasteiger partial charge in [0, 0.05) is 19.6 Å². The van der Waals surface area contributed by atoms with Crippen molar-refractivity contribution in [3.8, 4) is 0 Å². The molecule has 1 spiro atoms. The van der Waals surface area contributed by atoms with E-state index in [9.17, 15) is 9.90 Å². The number of aliphatic hydroxyl groups is 1. The third-order valence-electron chi connectivity index (χ3n) is 6.98. The maximum atomic E-state index is 12.8. The molecular weight excluding hydrogens is 370 g/mol. The summed E-state index contributed by atoms with van der Waals surface area (Å²) in [6, 6.07) is -0.126. The maximum Gasteiger partial charge on any atom is 0.410 e. The van der Waals surface area contributed by atoms with Crippen LogP contribution in [0.25, 0.3) is 0 Å². The van der Waals surface area contributed by atoms with E-state index in [2.05, 4.69) is 39.8 Å². The van der Waals surface area contributed by atoms with E-state index in [1.807, 2.05) is 0 Å². The molecule has 2 unspecified atom stereocenters. The first kappa shape index (κ1) is 22.6. The Morgan fingerprint density at radius 2 is 2.10 bits per heavy atom. The van der Waals surface area contributed by atoms with Crippen LogP contribution in [0.1, 0.15) is 59.8 Å². The highest BCUT2D eigenvalue weighted by atomic mass is 16.6. The molecule has 0 radical (unpaired) electrons. The molecule has 3 fully saturated rings. The van der Waals surface area contributed by atoms with Gasteiger partial charge >= 0.3 is 6.09 Å². The number of epoxide rings is 1. The van der Waals surface area contributed by atoms with Gasteiger partial charge in [-0.1, -0.05) is 39.8 Å². The molecule has 1 aliphatic carbocycles. The number of ether oxygens (including phenoxy) is 3. The first-order valence-electron chi connectivity index (χ1n) is 11.2. The zero-order valence-electron chi connectivity index (χ0n) is 18.7. The van der Waals surface area contributed by atoms with Gasteiger partial charge in [-0.2, -0.15) is 0 Å². The highest BCUT2D eigenvalue weighted by Gasteiger charge is 2.63. The summed E-state index contributed by atoms with van der Waals surface area (Å²) in [5.74, 6) is 0.672. The van der Waals surface area contributed by atoms with E-state index in [0.29, 0.717) is 12.5 Å². The Morgan fingerprint density at radius 1 is 1.38 bits per heavy atom. The first-order valence-corrected chi connectivity index (χ1v) is 11.2. The minimum atomic E-state index is -0.322. The van der Waals surface area contributed by atoms with E-state index in [4.69, 9.17) is 14.2 Å². The summed E-state index contributed by atoms with van der Waals surface area (Å²) in [6.45, 7) is 10.3. The summed E-state index contributed by atoms with van der Waals surface area (Å²) in [5.41, 5.74) is -0.199. The van der Waals surface area contributed by atoms with Crippen molar-refractivity contribution >= 4 is 6.09 Å². The number of carbonyl (C=O) groups excluding carboxylic acids is 1. The number of hydrogen-bond acceptors (Lipinski definition) is 5. The highest BCUT2D eigenvalue weighted by molar-refractivity contribution is 5.68. The fourth-order valence-electron chi connectivity index (χ4n) is 5.44. The summed E-state index contributed by atoms with van der Waals surface area (Å²) >= 11 is 0. The molecule has 1 amide bonds. The largest absolute Gasteiger partial charge is 0.443 e. The zero-order chi connectivity index (χ0) is 21.2. The van der Waals surface area contributed by atoms with Gasteiger partial charge in [0.15, 0.2) is 0 Å². The van der Waals surface area contributed by atoms with Crippen molar-refractivity contribution in [2.75, 3.05) is 26.9 Å². The Morgan fingerprint density at radius 3 is 2.69 bits per heavy atom. The number of nitrogens with zero attached hydrogens (tertiary/aromatic N) is 1. The molecule has 1 saturated carbocycles. The highest BCUT2D eigenvalue weighted by Crippen LogP contribution is 2.55. The van der Waals surface area contributed by atoms with Crippen LogP contribution in [0, 0.1) is 17.3 Å². The van der Waals surface area contributed by atoms with Crippen molar-refractivity contribution in [2.45, 2.75) is 83.6 Å². The van der Waals surface area contributed by atoms with Crippen molar-refractivity contribution in [2.24, 2.45) is 17.3 Å². The predicted molar refractivity (Wildman–Crippen MR) is 112 cm³/mol. The normalized spacial score (nSPS) is 35.1. The Bertz CT molecular complexity index is 598. The van der Waals surface area contributed by atoms with Crippen LogP contribution < -0.4 is 0 Å². The smallest absolute Gasteiger partial charge is 0.410 e. The minimum Gasteiger partial charge on any atom is -0.443 e. The van der Waals surface area contributed by atoms with Crippen LogP contribution in [0.5, 0.6) is 0 Å². The minimum absolute atomic E-state index is 0.0116. The second kappa shape index (κ2) is 8.94. The lowest BCUT2D eigenvalue weighted by atomic mass is 9.61. The second-order valence-electron chi connectivity index (χ2n) is 10.0. The van der Waals surface area contributed by atoms with Gasteiger partial charge in [-0.05, 0) is 43.4 Å². The van der Waals surface area contributed by atoms with Crippen molar-refractivity contribution in [1.29, 1.82) is 0 Å². The third-order valence-corrected chi connectivity index (χ3v) is 6.98. The SMILES string of the molecule is CO[C@H]1C(C(C)(C)C/C=C/C(C)C)[C@]2(CC[C@H]1OC(=O)N1CCCC1CO)CO2. The van der Waals surface area contributed by atoms with Crippen LogP contribution in [0.15, 0.2) is 12.2 Å². The molecule has 0 aromatic carbocycles. The average molecular weight is 410 g/mol. The van der Waals surface area contributed by atoms with Gasteiger partial charge in [0.05, 0.1) is 24.9 Å². The Hall–Kier alpha value is -1.11. The zero-order valence-corrected chi connectivity index (χ0v) is 18.7. The summed E-state index contributed by atoms with van der Waals surface area (Å²) < 4.78 is 17.9. The molecule has 1 N–H and O–H groups in total. The fraction of sp³-hybridized carbons (Fsp3) is 0.870. The molecule has 0 aromatic rings. The number of carbonyl (C=O) groups is 1. The number of aliphatic hydroxyl groups excluding tert-OH is 1. The molecule has 0 bridgehead atoms. The molecule has 2 saturated heterocycles. The van der Waals surface area contributed by atoms with E-state index < -0.39 is 0 Å². The molecule has 29 heavy (non-hydrogen) atoms. The lowest BCUT2D eigenvalue weighted by Crippen LogP contribution is -2.56. The number of allylic oxidation sites excluding steroid dienone is 2. The van der Waals surface area contributed by atoms with Gasteiger partial charge in [0.2, 0.25) is 0 Å². The average Bonchev–Trinajstić information content (AvgIpc) is 3.25. The first-order chi connectivity index (χ1) is 13.7. The van der Waals surface area contributed by atoms with Gasteiger partial charge in [0.1, 0.15) is 12.2 Å². The number of likely N-dealkylation sites (tertiary alicyclic amines) is 1. The van der Waals surface area contributed by atoms with Crippen LogP contribution in [0.2, 0.25) is 0 Å². The molecular formula is C23H39NO5. The molecule has 2 heterocycles. The standard InChI is InChI=1S/C23H39NO5/c1-16(2)8-6-11-22(3,4)20-19(27-5)18(10-12-23(20)15-28-23)29-21(26)24-13-7-9-17(24)14-25/h6,8,16-20,25H,7,9-15H2,1-5H3/b8-6+/t17?,18-,19-,20?,23+/m1/s1. The molecule has 3 rings (SSSR count). The van der Waals surface area contributed by atoms with E-state index in [-0.39, 0.29) is 47.9 Å². The van der Waals surface area contributed by atoms with Crippen LogP contribution in [0.3, 0.4) is 0 Å². The van der Waals surface area contributed by atoms with Crippen LogP contribution in [-0.4, -0.2) is 66.8 Å². The van der Waals surface area contributed by atoms with Crippen molar-refractivity contribution in [3.63, 3.8) is 0 Å². The van der Waals surface area contributed by atoms with E-state index >= 15 is 0 Å². The molecule has 3 aliphatic rings. The molecule has 6 nitrogen and oxygen atoms in total. The number of methoxy groups -OCH3 is 1. The second-order valence-corrected chi connectivity index (χ2v) is 10.0. The number of hydrogen-bond donors (Lipinski definition) is 1. The van der Waals surface area contributed by atoms with Gasteiger partial charge in [-0.15, -0.1) is 0 Å². The molecule has 6 heteroatoms. The van der Waals surface area contributed by atoms with Crippen LogP contribution >= 0.6 is 0 Å². The van der Waals surface area contributed by atoms with E-state index in [0.717, 1.165) is 38.7 Å². The van der Waals surface area contributed by atoms with E-state index in [1.165, 1.54) is 0 Å². The predicted octanol–water partition coefficient (Wildman–Crippen LogP) is 3.77. The van der Waals surface area contributed by atoms with Crippen molar-refractivity contribution in [1.82, 2.24) is 4.90 Å². The van der Waals surface area contributed by atoms with E-state index in [1.54, 1.807) is 12.0 Å². The Labute approximate surface area is 175 Å². The van der Waals surface area contributed by atoms with Crippen LogP contribution in [-0.2, 0) is 14.2 Å². The molecule has 5 atom stereocenters. The van der Waals surface area contributed by atoms with Crippen molar-refractivity contribution < 1.29 is 24.1 Å². The van der Waals surface area contributed by atoms with Gasteiger partial charge in [-0.25, -0.2) is 4.79 Å². The van der Waals surface area contributed by atoms with Crippen LogP contribution in [0.4, 0.5) is 4.79 Å².